The Kier molecular flexibility index (Phi) is 3.79. The summed E-state index contributed by atoms with van der Waals surface area (Å²) >= 11 is 6.21. The molecule has 2 heterocycles. The summed E-state index contributed by atoms with van der Waals surface area (Å²) < 4.78 is 126. The van der Waals surface area contributed by atoms with Gasteiger partial charge in [0.15, 0.2) is 11.5 Å². The molecule has 1 aliphatic heterocycles. The van der Waals surface area contributed by atoms with Crippen molar-refractivity contribution >= 4 is 34.0 Å². The Labute approximate surface area is 210 Å². The molecule has 1 saturated heterocycles. The van der Waals surface area contributed by atoms with Gasteiger partial charge in [-0.05, 0) is 30.6 Å². The molecule has 0 bridgehead atoms. The van der Waals surface area contributed by atoms with Crippen LogP contribution in [0.15, 0.2) is 36.7 Å². The molecule has 0 spiro atoms. The van der Waals surface area contributed by atoms with Crippen LogP contribution in [0, 0.1) is 0 Å². The first-order valence-electron chi connectivity index (χ1n) is 15.9. The lowest BCUT2D eigenvalue weighted by atomic mass is 10.2. The van der Waals surface area contributed by atoms with Crippen molar-refractivity contribution in [1.82, 2.24) is 14.9 Å². The van der Waals surface area contributed by atoms with Gasteiger partial charge in [-0.15, -0.1) is 0 Å². The van der Waals surface area contributed by atoms with Gasteiger partial charge in [-0.1, -0.05) is 11.6 Å². The number of methoxy groups -OCH3 is 2. The minimum absolute atomic E-state index is 0.1000. The van der Waals surface area contributed by atoms with E-state index in [-0.39, 0.29) is 26.6 Å². The van der Waals surface area contributed by atoms with Crippen LogP contribution in [0.5, 0.6) is 17.2 Å². The Morgan fingerprint density at radius 1 is 1.19 bits per heavy atom. The molecule has 0 radical (unpaired) electrons. The Morgan fingerprint density at radius 3 is 2.84 bits per heavy atom. The summed E-state index contributed by atoms with van der Waals surface area (Å²) in [5.41, 5.74) is 0.537. The highest BCUT2D eigenvalue weighted by Crippen LogP contribution is 2.35. The maximum Gasteiger partial charge on any atom is 0.162 e. The van der Waals surface area contributed by atoms with Crippen molar-refractivity contribution in [2.24, 2.45) is 0 Å². The van der Waals surface area contributed by atoms with Crippen LogP contribution in [0.3, 0.4) is 0 Å². The van der Waals surface area contributed by atoms with Crippen LogP contribution < -0.4 is 19.5 Å². The molecule has 170 valence electrons. The number of hydrogen-bond donors (Lipinski definition) is 1. The molecule has 1 fully saturated rings. The molecule has 0 saturated carbocycles. The zero-order valence-electron chi connectivity index (χ0n) is 29.6. The quantitative estimate of drug-likeness (QED) is 0.498. The molecule has 2 aromatic carbocycles. The standard InChI is InChI=1S/C23H27ClN4O4/c1-29-20-5-4-16(12-18(20)24)27-23-17-13-22(21(30-2)14-19(17)25-15-26-23)32-9-3-6-28-7-10-31-11-8-28/h4-5,12-15H,3,6-11H2,1-2H3,(H,25,26,27)/i2D3,3D2,6D2,7D,8D,9D2,10D,11D. The van der Waals surface area contributed by atoms with E-state index < -0.39 is 64.2 Å². The molecular formula is C23H27ClN4O4. The average Bonchev–Trinajstić information content (AvgIpc) is 2.91. The van der Waals surface area contributed by atoms with E-state index in [1.54, 1.807) is 12.1 Å². The molecule has 8 nitrogen and oxygen atoms in total. The summed E-state index contributed by atoms with van der Waals surface area (Å²) in [6.45, 7) is -14.9. The number of anilines is 2. The maximum absolute atomic E-state index is 8.49. The number of benzene rings is 2. The van der Waals surface area contributed by atoms with Crippen LogP contribution >= 0.6 is 11.6 Å². The first-order valence-corrected chi connectivity index (χ1v) is 9.48. The molecule has 9 heteroatoms. The van der Waals surface area contributed by atoms with E-state index in [2.05, 4.69) is 15.3 Å². The molecule has 4 atom stereocenters. The van der Waals surface area contributed by atoms with Crippen molar-refractivity contribution in [3.05, 3.63) is 41.7 Å². The van der Waals surface area contributed by atoms with E-state index in [1.807, 2.05) is 0 Å². The van der Waals surface area contributed by atoms with E-state index in [0.29, 0.717) is 11.4 Å². The Morgan fingerprint density at radius 2 is 2.06 bits per heavy atom. The smallest absolute Gasteiger partial charge is 0.162 e. The van der Waals surface area contributed by atoms with Crippen molar-refractivity contribution in [1.29, 1.82) is 0 Å². The fourth-order valence-electron chi connectivity index (χ4n) is 2.74. The highest BCUT2D eigenvalue weighted by atomic mass is 35.5. The minimum atomic E-state index is -3.73. The molecule has 0 aliphatic carbocycles. The number of fused-ring (bicyclic) bond motifs is 1. The monoisotopic (exact) mass is 471 g/mol. The number of hydrogen-bond acceptors (Lipinski definition) is 8. The molecule has 1 N–H and O–H groups in total. The predicted molar refractivity (Wildman–Crippen MR) is 125 cm³/mol. The van der Waals surface area contributed by atoms with E-state index >= 15 is 0 Å². The van der Waals surface area contributed by atoms with E-state index in [1.165, 1.54) is 13.2 Å². The van der Waals surface area contributed by atoms with E-state index in [9.17, 15) is 0 Å². The van der Waals surface area contributed by atoms with Crippen molar-refractivity contribution in [2.45, 2.75) is 6.37 Å². The topological polar surface area (TPSA) is 78.0 Å². The lowest BCUT2D eigenvalue weighted by molar-refractivity contribution is 0.0357. The first-order chi connectivity index (χ1) is 20.7. The summed E-state index contributed by atoms with van der Waals surface area (Å²) in [6, 6.07) is 6.88. The number of morpholine rings is 1. The van der Waals surface area contributed by atoms with Gasteiger partial charge in [-0.2, -0.15) is 0 Å². The summed E-state index contributed by atoms with van der Waals surface area (Å²) in [5.74, 6) is -0.774. The number of rotatable bonds is 9. The van der Waals surface area contributed by atoms with Crippen molar-refractivity contribution < 1.29 is 36.8 Å². The van der Waals surface area contributed by atoms with Crippen LogP contribution in [0.1, 0.15) is 24.2 Å². The molecule has 3 aromatic rings. The second-order valence-corrected chi connectivity index (χ2v) is 6.58. The van der Waals surface area contributed by atoms with Crippen LogP contribution in [0.4, 0.5) is 11.5 Å². The number of nitrogens with zero attached hydrogens (tertiary/aromatic N) is 3. The number of nitrogens with one attached hydrogen (secondary N) is 1. The highest BCUT2D eigenvalue weighted by Gasteiger charge is 2.14. The maximum atomic E-state index is 8.49. The van der Waals surface area contributed by atoms with E-state index in [4.69, 9.17) is 48.4 Å². The second kappa shape index (κ2) is 10.7. The summed E-state index contributed by atoms with van der Waals surface area (Å²) in [4.78, 5) is 8.48. The van der Waals surface area contributed by atoms with Gasteiger partial charge < -0.3 is 24.3 Å². The van der Waals surface area contributed by atoms with Gasteiger partial charge in [0.05, 0.1) is 54.0 Å². The van der Waals surface area contributed by atoms with Gasteiger partial charge in [0.2, 0.25) is 0 Å². The minimum Gasteiger partial charge on any atom is -0.495 e. The molecule has 1 aromatic heterocycles. The van der Waals surface area contributed by atoms with Crippen molar-refractivity contribution in [2.75, 3.05) is 58.7 Å². The summed E-state index contributed by atoms with van der Waals surface area (Å²) in [5, 5.41) is 3.38. The lowest BCUT2D eigenvalue weighted by Crippen LogP contribution is -2.37. The molecular weight excluding hydrogens is 432 g/mol. The zero-order valence-corrected chi connectivity index (χ0v) is 17.4. The largest absolute Gasteiger partial charge is 0.495 e. The van der Waals surface area contributed by atoms with Crippen LogP contribution in [-0.2, 0) is 4.74 Å². The fraction of sp³-hybridized carbons (Fsp3) is 0.391. The van der Waals surface area contributed by atoms with Crippen molar-refractivity contribution in [3.63, 3.8) is 0 Å². The summed E-state index contributed by atoms with van der Waals surface area (Å²) in [6.07, 6.45) is -2.58. The van der Waals surface area contributed by atoms with Gasteiger partial charge in [0.1, 0.15) is 17.9 Å². The zero-order chi connectivity index (χ0) is 33.7. The van der Waals surface area contributed by atoms with Crippen LogP contribution in [0.25, 0.3) is 10.9 Å². The van der Waals surface area contributed by atoms with Gasteiger partial charge in [0, 0.05) is 44.9 Å². The normalized spacial score (nSPS) is 31.2. The fourth-order valence-corrected chi connectivity index (χ4v) is 3.00. The van der Waals surface area contributed by atoms with E-state index in [0.717, 1.165) is 18.5 Å². The number of halogens is 1. The Balaban J connectivity index is 1.79. The van der Waals surface area contributed by atoms with Gasteiger partial charge in [-0.25, -0.2) is 9.97 Å². The second-order valence-electron chi connectivity index (χ2n) is 6.17. The molecule has 1 aliphatic rings. The van der Waals surface area contributed by atoms with Crippen LogP contribution in [0.2, 0.25) is 5.02 Å². The van der Waals surface area contributed by atoms with Gasteiger partial charge >= 0.3 is 0 Å². The third kappa shape index (κ3) is 5.32. The molecule has 32 heavy (non-hydrogen) atoms. The lowest BCUT2D eigenvalue weighted by Gasteiger charge is -2.26. The van der Waals surface area contributed by atoms with Crippen molar-refractivity contribution in [3.8, 4) is 17.2 Å². The predicted octanol–water partition coefficient (Wildman–Crippen LogP) is 4.15. The Hall–Kier alpha value is -2.81. The average molecular weight is 472 g/mol. The van der Waals surface area contributed by atoms with Crippen LogP contribution in [-0.4, -0.2) is 68.3 Å². The van der Waals surface area contributed by atoms with Gasteiger partial charge in [-0.3, -0.25) is 4.90 Å². The SMILES string of the molecule is [2H]C1OC([2H])C([2H])N(C([2H])([2H])C([2H])([2H])C([2H])([2H])Oc2cc3c(Nc4ccc(OC)c(Cl)c4)ncnc3cc2OC([2H])([2H])[2H])C1[2H]. The third-order valence-electron chi connectivity index (χ3n) is 4.22. The number of ether oxygens (including phenoxy) is 4. The molecule has 4 unspecified atom stereocenters. The molecule has 0 amide bonds. The summed E-state index contributed by atoms with van der Waals surface area (Å²) in [7, 11) is -1.65. The van der Waals surface area contributed by atoms with Gasteiger partial charge in [0.25, 0.3) is 0 Å². The Bertz CT molecular complexity index is 1540. The number of aromatic nitrogens is 2. The molecule has 4 rings (SSSR count). The third-order valence-corrected chi connectivity index (χ3v) is 4.52. The first kappa shape index (κ1) is 11.4. The highest BCUT2D eigenvalue weighted by molar-refractivity contribution is 6.32.